The summed E-state index contributed by atoms with van der Waals surface area (Å²) in [5, 5.41) is 0.888. The van der Waals surface area contributed by atoms with Gasteiger partial charge in [0.1, 0.15) is 0 Å². The SMILES string of the molecule is Cc1cccc(=O)n1CC(=O)c1c[nH]c2ccccc12. The molecule has 4 nitrogen and oxygen atoms in total. The Hall–Kier alpha value is -2.62. The molecule has 0 amide bonds. The minimum absolute atomic E-state index is 0.0629. The number of H-pyrrole nitrogens is 1. The van der Waals surface area contributed by atoms with Gasteiger partial charge in [-0.3, -0.25) is 9.59 Å². The lowest BCUT2D eigenvalue weighted by Crippen LogP contribution is -2.25. The number of para-hydroxylation sites is 1. The average Bonchev–Trinajstić information content (AvgIpc) is 2.87. The highest BCUT2D eigenvalue weighted by atomic mass is 16.1. The number of ketones is 1. The molecule has 0 spiro atoms. The van der Waals surface area contributed by atoms with E-state index in [1.807, 2.05) is 37.3 Å². The van der Waals surface area contributed by atoms with Gasteiger partial charge in [0, 0.05) is 34.4 Å². The third-order valence-corrected chi connectivity index (χ3v) is 3.46. The van der Waals surface area contributed by atoms with Crippen LogP contribution in [0.4, 0.5) is 0 Å². The van der Waals surface area contributed by atoms with E-state index in [9.17, 15) is 9.59 Å². The standard InChI is InChI=1S/C16H14N2O2/c1-11-5-4-8-16(20)18(11)10-15(19)13-9-17-14-7-3-2-6-12(13)14/h2-9,17H,10H2,1H3. The zero-order valence-electron chi connectivity index (χ0n) is 11.1. The van der Waals surface area contributed by atoms with Gasteiger partial charge in [-0.05, 0) is 19.1 Å². The lowest BCUT2D eigenvalue weighted by atomic mass is 10.1. The van der Waals surface area contributed by atoms with Gasteiger partial charge >= 0.3 is 0 Å². The van der Waals surface area contributed by atoms with Crippen LogP contribution in [0.25, 0.3) is 10.9 Å². The molecule has 3 aromatic rings. The normalized spacial score (nSPS) is 10.8. The maximum Gasteiger partial charge on any atom is 0.251 e. The van der Waals surface area contributed by atoms with E-state index in [1.54, 1.807) is 12.3 Å². The number of hydrogen-bond donors (Lipinski definition) is 1. The highest BCUT2D eigenvalue weighted by Crippen LogP contribution is 2.18. The fraction of sp³-hybridized carbons (Fsp3) is 0.125. The van der Waals surface area contributed by atoms with Crippen molar-refractivity contribution in [1.82, 2.24) is 9.55 Å². The topological polar surface area (TPSA) is 54.9 Å². The first-order valence-electron chi connectivity index (χ1n) is 6.42. The van der Waals surface area contributed by atoms with Crippen molar-refractivity contribution in [2.24, 2.45) is 0 Å². The molecule has 0 atom stereocenters. The van der Waals surface area contributed by atoms with Crippen molar-refractivity contribution in [2.45, 2.75) is 13.5 Å². The van der Waals surface area contributed by atoms with Crippen LogP contribution in [0.15, 0.2) is 53.5 Å². The number of aromatic nitrogens is 2. The second-order valence-electron chi connectivity index (χ2n) is 4.76. The molecule has 3 rings (SSSR count). The molecule has 0 bridgehead atoms. The number of nitrogens with one attached hydrogen (secondary N) is 1. The summed E-state index contributed by atoms with van der Waals surface area (Å²) in [7, 11) is 0. The molecule has 0 unspecified atom stereocenters. The summed E-state index contributed by atoms with van der Waals surface area (Å²) >= 11 is 0. The van der Waals surface area contributed by atoms with Gasteiger partial charge < -0.3 is 9.55 Å². The second kappa shape index (κ2) is 4.81. The lowest BCUT2D eigenvalue weighted by Gasteiger charge is -2.07. The van der Waals surface area contributed by atoms with E-state index in [0.29, 0.717) is 5.56 Å². The van der Waals surface area contributed by atoms with Crippen LogP contribution in [0.3, 0.4) is 0 Å². The number of aryl methyl sites for hydroxylation is 1. The third kappa shape index (κ3) is 2.05. The molecular formula is C16H14N2O2. The Labute approximate surface area is 115 Å². The Balaban J connectivity index is 2.00. The smallest absolute Gasteiger partial charge is 0.251 e. The van der Waals surface area contributed by atoms with Gasteiger partial charge in [-0.15, -0.1) is 0 Å². The van der Waals surface area contributed by atoms with Gasteiger partial charge in [0.05, 0.1) is 6.54 Å². The highest BCUT2D eigenvalue weighted by molar-refractivity contribution is 6.07. The predicted octanol–water partition coefficient (Wildman–Crippen LogP) is 2.52. The van der Waals surface area contributed by atoms with Crippen molar-refractivity contribution < 1.29 is 4.79 Å². The van der Waals surface area contributed by atoms with Crippen molar-refractivity contribution >= 4 is 16.7 Å². The Kier molecular flexibility index (Phi) is 2.99. The Morgan fingerprint density at radius 1 is 1.15 bits per heavy atom. The number of rotatable bonds is 3. The zero-order chi connectivity index (χ0) is 14.1. The second-order valence-corrected chi connectivity index (χ2v) is 4.76. The van der Waals surface area contributed by atoms with Crippen LogP contribution in [0.2, 0.25) is 0 Å². The molecule has 20 heavy (non-hydrogen) atoms. The van der Waals surface area contributed by atoms with Crippen LogP contribution >= 0.6 is 0 Å². The van der Waals surface area contributed by atoms with E-state index in [4.69, 9.17) is 0 Å². The molecule has 1 aromatic carbocycles. The van der Waals surface area contributed by atoms with Gasteiger partial charge in [-0.1, -0.05) is 24.3 Å². The summed E-state index contributed by atoms with van der Waals surface area (Å²) < 4.78 is 1.49. The molecule has 4 heteroatoms. The summed E-state index contributed by atoms with van der Waals surface area (Å²) in [5.74, 6) is -0.0705. The Bertz CT molecular complexity index is 843. The van der Waals surface area contributed by atoms with E-state index < -0.39 is 0 Å². The molecule has 0 aliphatic carbocycles. The molecule has 0 aliphatic rings. The fourth-order valence-corrected chi connectivity index (χ4v) is 2.36. The minimum Gasteiger partial charge on any atom is -0.360 e. The third-order valence-electron chi connectivity index (χ3n) is 3.46. The van der Waals surface area contributed by atoms with E-state index in [0.717, 1.165) is 16.6 Å². The summed E-state index contributed by atoms with van der Waals surface area (Å²) in [6, 6.07) is 12.6. The number of fused-ring (bicyclic) bond motifs is 1. The van der Waals surface area contributed by atoms with Crippen LogP contribution < -0.4 is 5.56 Å². The molecule has 0 aliphatic heterocycles. The molecular weight excluding hydrogens is 252 g/mol. The van der Waals surface area contributed by atoms with E-state index in [2.05, 4.69) is 4.98 Å². The van der Waals surface area contributed by atoms with Gasteiger partial charge in [0.2, 0.25) is 0 Å². The zero-order valence-corrected chi connectivity index (χ0v) is 11.1. The molecule has 100 valence electrons. The number of carbonyl (C=O) groups excluding carboxylic acids is 1. The van der Waals surface area contributed by atoms with Crippen LogP contribution in [0, 0.1) is 6.92 Å². The van der Waals surface area contributed by atoms with E-state index in [1.165, 1.54) is 10.6 Å². The van der Waals surface area contributed by atoms with Crippen molar-refractivity contribution in [1.29, 1.82) is 0 Å². The fourth-order valence-electron chi connectivity index (χ4n) is 2.36. The largest absolute Gasteiger partial charge is 0.360 e. The van der Waals surface area contributed by atoms with Gasteiger partial charge in [0.25, 0.3) is 5.56 Å². The summed E-state index contributed by atoms with van der Waals surface area (Å²) in [6.45, 7) is 1.89. The van der Waals surface area contributed by atoms with Crippen molar-refractivity contribution in [2.75, 3.05) is 0 Å². The minimum atomic E-state index is -0.154. The van der Waals surface area contributed by atoms with Crippen molar-refractivity contribution in [3.8, 4) is 0 Å². The first kappa shape index (κ1) is 12.4. The number of aromatic amines is 1. The maximum absolute atomic E-state index is 12.4. The van der Waals surface area contributed by atoms with Crippen LogP contribution in [-0.4, -0.2) is 15.3 Å². The number of hydrogen-bond acceptors (Lipinski definition) is 2. The van der Waals surface area contributed by atoms with Gasteiger partial charge in [-0.2, -0.15) is 0 Å². The number of Topliss-reactive ketones (excluding diaryl/α,β-unsaturated/α-hetero) is 1. The molecule has 2 aromatic heterocycles. The summed E-state index contributed by atoms with van der Waals surface area (Å²) in [6.07, 6.45) is 1.70. The van der Waals surface area contributed by atoms with Gasteiger partial charge in [-0.25, -0.2) is 0 Å². The molecule has 1 N–H and O–H groups in total. The number of benzene rings is 1. The maximum atomic E-state index is 12.4. The lowest BCUT2D eigenvalue weighted by molar-refractivity contribution is 0.0971. The van der Waals surface area contributed by atoms with Gasteiger partial charge in [0.15, 0.2) is 5.78 Å². The number of pyridine rings is 1. The average molecular weight is 266 g/mol. The summed E-state index contributed by atoms with van der Waals surface area (Å²) in [4.78, 5) is 27.3. The van der Waals surface area contributed by atoms with Crippen LogP contribution in [0.1, 0.15) is 16.1 Å². The highest BCUT2D eigenvalue weighted by Gasteiger charge is 2.13. The van der Waals surface area contributed by atoms with Crippen LogP contribution in [-0.2, 0) is 6.54 Å². The monoisotopic (exact) mass is 266 g/mol. The quantitative estimate of drug-likeness (QED) is 0.741. The Morgan fingerprint density at radius 2 is 1.95 bits per heavy atom. The Morgan fingerprint density at radius 3 is 2.75 bits per heavy atom. The van der Waals surface area contributed by atoms with E-state index in [-0.39, 0.29) is 17.9 Å². The molecule has 0 fully saturated rings. The van der Waals surface area contributed by atoms with Crippen LogP contribution in [0.5, 0.6) is 0 Å². The number of carbonyl (C=O) groups is 1. The number of nitrogens with zero attached hydrogens (tertiary/aromatic N) is 1. The molecule has 0 radical (unpaired) electrons. The predicted molar refractivity (Wildman–Crippen MR) is 78.1 cm³/mol. The van der Waals surface area contributed by atoms with E-state index >= 15 is 0 Å². The first-order chi connectivity index (χ1) is 9.66. The molecule has 0 saturated heterocycles. The first-order valence-corrected chi connectivity index (χ1v) is 6.42. The van der Waals surface area contributed by atoms with Crippen molar-refractivity contribution in [3.05, 3.63) is 70.3 Å². The molecule has 0 saturated carbocycles. The summed E-state index contributed by atoms with van der Waals surface area (Å²) in [5.41, 5.74) is 2.17. The molecule has 2 heterocycles. The van der Waals surface area contributed by atoms with Crippen molar-refractivity contribution in [3.63, 3.8) is 0 Å².